The molecule has 0 spiro atoms. The first-order chi connectivity index (χ1) is 12.3. The van der Waals surface area contributed by atoms with Crippen LogP contribution in [0.1, 0.15) is 12.2 Å². The molecule has 3 aromatic heterocycles. The molecule has 1 aromatic carbocycles. The molecule has 0 aliphatic rings. The second kappa shape index (κ2) is 7.03. The molecule has 3 heterocycles. The molecule has 0 saturated carbocycles. The third kappa shape index (κ3) is 3.53. The molecule has 5 nitrogen and oxygen atoms in total. The standard InChI is InChI=1S/C19H19N5S/c1-14-22-18(20-9-5-11-24-12-6-10-21-24)16-13-17(25-19(16)23-14)15-7-3-2-4-8-15/h2-4,6-8,10,12-13H,5,9,11H2,1H3,(H,20,22,23). The second-order valence-electron chi connectivity index (χ2n) is 5.86. The normalized spacial score (nSPS) is 11.1. The van der Waals surface area contributed by atoms with Gasteiger partial charge in [0.2, 0.25) is 0 Å². The summed E-state index contributed by atoms with van der Waals surface area (Å²) in [4.78, 5) is 11.5. The number of rotatable bonds is 6. The van der Waals surface area contributed by atoms with Crippen LogP contribution in [0.25, 0.3) is 20.7 Å². The summed E-state index contributed by atoms with van der Waals surface area (Å²) in [6.07, 6.45) is 4.78. The zero-order chi connectivity index (χ0) is 17.1. The Bertz CT molecular complexity index is 960. The molecule has 25 heavy (non-hydrogen) atoms. The van der Waals surface area contributed by atoms with E-state index >= 15 is 0 Å². The number of thiophene rings is 1. The summed E-state index contributed by atoms with van der Waals surface area (Å²) in [7, 11) is 0. The lowest BCUT2D eigenvalue weighted by molar-refractivity contribution is 0.591. The van der Waals surface area contributed by atoms with Crippen molar-refractivity contribution in [2.75, 3.05) is 11.9 Å². The van der Waals surface area contributed by atoms with E-state index in [2.05, 4.69) is 50.7 Å². The molecule has 0 atom stereocenters. The van der Waals surface area contributed by atoms with E-state index in [4.69, 9.17) is 0 Å². The highest BCUT2D eigenvalue weighted by Crippen LogP contribution is 2.35. The largest absolute Gasteiger partial charge is 0.369 e. The first-order valence-electron chi connectivity index (χ1n) is 8.34. The molecule has 0 amide bonds. The van der Waals surface area contributed by atoms with Gasteiger partial charge in [-0.25, -0.2) is 9.97 Å². The van der Waals surface area contributed by atoms with Gasteiger partial charge in [0.25, 0.3) is 0 Å². The Balaban J connectivity index is 1.54. The quantitative estimate of drug-likeness (QED) is 0.525. The lowest BCUT2D eigenvalue weighted by atomic mass is 10.2. The smallest absolute Gasteiger partial charge is 0.138 e. The molecule has 1 N–H and O–H groups in total. The maximum Gasteiger partial charge on any atom is 0.138 e. The van der Waals surface area contributed by atoms with Crippen LogP contribution in [-0.4, -0.2) is 26.3 Å². The third-order valence-corrected chi connectivity index (χ3v) is 5.06. The van der Waals surface area contributed by atoms with Crippen molar-refractivity contribution in [1.82, 2.24) is 19.7 Å². The number of aromatic nitrogens is 4. The van der Waals surface area contributed by atoms with Crippen LogP contribution in [0.5, 0.6) is 0 Å². The minimum Gasteiger partial charge on any atom is -0.369 e. The summed E-state index contributed by atoms with van der Waals surface area (Å²) in [6, 6.07) is 14.5. The maximum atomic E-state index is 4.60. The van der Waals surface area contributed by atoms with Gasteiger partial charge >= 0.3 is 0 Å². The van der Waals surface area contributed by atoms with Gasteiger partial charge in [-0.3, -0.25) is 4.68 Å². The van der Waals surface area contributed by atoms with Crippen LogP contribution in [0.4, 0.5) is 5.82 Å². The Morgan fingerprint density at radius 2 is 2.00 bits per heavy atom. The van der Waals surface area contributed by atoms with Crippen LogP contribution in [-0.2, 0) is 6.54 Å². The monoisotopic (exact) mass is 349 g/mol. The molecule has 126 valence electrons. The third-order valence-electron chi connectivity index (χ3n) is 3.98. The van der Waals surface area contributed by atoms with Crippen LogP contribution < -0.4 is 5.32 Å². The average molecular weight is 349 g/mol. The van der Waals surface area contributed by atoms with Gasteiger partial charge in [0.15, 0.2) is 0 Å². The van der Waals surface area contributed by atoms with Gasteiger partial charge < -0.3 is 5.32 Å². The highest BCUT2D eigenvalue weighted by atomic mass is 32.1. The number of hydrogen-bond donors (Lipinski definition) is 1. The van der Waals surface area contributed by atoms with Gasteiger partial charge in [-0.1, -0.05) is 30.3 Å². The van der Waals surface area contributed by atoms with Crippen molar-refractivity contribution in [3.63, 3.8) is 0 Å². The Hall–Kier alpha value is -2.73. The predicted molar refractivity (Wildman–Crippen MR) is 103 cm³/mol. The number of anilines is 1. The molecule has 0 aliphatic heterocycles. The van der Waals surface area contributed by atoms with Crippen LogP contribution in [0, 0.1) is 6.92 Å². The minimum absolute atomic E-state index is 0.795. The summed E-state index contributed by atoms with van der Waals surface area (Å²) in [5.41, 5.74) is 1.22. The van der Waals surface area contributed by atoms with Crippen LogP contribution in [0.2, 0.25) is 0 Å². The number of benzene rings is 1. The Morgan fingerprint density at radius 3 is 2.80 bits per heavy atom. The van der Waals surface area contributed by atoms with Gasteiger partial charge in [0, 0.05) is 30.4 Å². The van der Waals surface area contributed by atoms with Crippen molar-refractivity contribution in [3.8, 4) is 10.4 Å². The first kappa shape index (κ1) is 15.8. The highest BCUT2D eigenvalue weighted by Gasteiger charge is 2.11. The molecule has 0 aliphatic carbocycles. The fourth-order valence-electron chi connectivity index (χ4n) is 2.79. The molecule has 0 unspecified atom stereocenters. The molecule has 0 radical (unpaired) electrons. The van der Waals surface area contributed by atoms with Crippen molar-refractivity contribution < 1.29 is 0 Å². The number of nitrogens with one attached hydrogen (secondary N) is 1. The van der Waals surface area contributed by atoms with Gasteiger partial charge in [0.1, 0.15) is 16.5 Å². The van der Waals surface area contributed by atoms with Gasteiger partial charge in [-0.2, -0.15) is 5.10 Å². The van der Waals surface area contributed by atoms with Crippen molar-refractivity contribution in [2.24, 2.45) is 0 Å². The molecule has 0 fully saturated rings. The summed E-state index contributed by atoms with van der Waals surface area (Å²) < 4.78 is 1.95. The SMILES string of the molecule is Cc1nc(NCCCn2cccn2)c2cc(-c3ccccc3)sc2n1. The van der Waals surface area contributed by atoms with Crippen molar-refractivity contribution in [2.45, 2.75) is 19.9 Å². The highest BCUT2D eigenvalue weighted by molar-refractivity contribution is 7.21. The summed E-state index contributed by atoms with van der Waals surface area (Å²) in [5.74, 6) is 1.71. The summed E-state index contributed by atoms with van der Waals surface area (Å²) in [5, 5.41) is 8.79. The van der Waals surface area contributed by atoms with E-state index in [1.807, 2.05) is 29.9 Å². The molecule has 0 bridgehead atoms. The van der Waals surface area contributed by atoms with Gasteiger partial charge in [0.05, 0.1) is 5.39 Å². The summed E-state index contributed by atoms with van der Waals surface area (Å²) >= 11 is 1.71. The van der Waals surface area contributed by atoms with E-state index in [9.17, 15) is 0 Å². The Labute approximate surface area is 150 Å². The van der Waals surface area contributed by atoms with E-state index in [0.717, 1.165) is 41.4 Å². The lowest BCUT2D eigenvalue weighted by Gasteiger charge is -2.07. The zero-order valence-corrected chi connectivity index (χ0v) is 14.8. The topological polar surface area (TPSA) is 55.6 Å². The summed E-state index contributed by atoms with van der Waals surface area (Å²) in [6.45, 7) is 3.68. The lowest BCUT2D eigenvalue weighted by Crippen LogP contribution is -2.08. The van der Waals surface area contributed by atoms with Crippen molar-refractivity contribution in [3.05, 3.63) is 60.7 Å². The van der Waals surface area contributed by atoms with Crippen molar-refractivity contribution >= 4 is 27.4 Å². The molecule has 0 saturated heterocycles. The van der Waals surface area contributed by atoms with E-state index in [0.29, 0.717) is 0 Å². The van der Waals surface area contributed by atoms with Crippen molar-refractivity contribution in [1.29, 1.82) is 0 Å². The van der Waals surface area contributed by atoms with Crippen LogP contribution >= 0.6 is 11.3 Å². The molecule has 4 aromatic rings. The number of aryl methyl sites for hydroxylation is 2. The van der Waals surface area contributed by atoms with Crippen LogP contribution in [0.15, 0.2) is 54.9 Å². The van der Waals surface area contributed by atoms with E-state index in [1.54, 1.807) is 17.5 Å². The fourth-order valence-corrected chi connectivity index (χ4v) is 3.87. The first-order valence-corrected chi connectivity index (χ1v) is 9.16. The fraction of sp³-hybridized carbons (Fsp3) is 0.211. The maximum absolute atomic E-state index is 4.60. The van der Waals surface area contributed by atoms with E-state index < -0.39 is 0 Å². The van der Waals surface area contributed by atoms with Crippen LogP contribution in [0.3, 0.4) is 0 Å². The van der Waals surface area contributed by atoms with E-state index in [1.165, 1.54) is 10.4 Å². The zero-order valence-electron chi connectivity index (χ0n) is 14.0. The average Bonchev–Trinajstić information content (AvgIpc) is 3.29. The van der Waals surface area contributed by atoms with E-state index in [-0.39, 0.29) is 0 Å². The number of hydrogen-bond acceptors (Lipinski definition) is 5. The Kier molecular flexibility index (Phi) is 4.43. The van der Waals surface area contributed by atoms with Gasteiger partial charge in [-0.15, -0.1) is 11.3 Å². The number of nitrogens with zero attached hydrogens (tertiary/aromatic N) is 4. The second-order valence-corrected chi connectivity index (χ2v) is 6.90. The molecule has 6 heteroatoms. The molecular weight excluding hydrogens is 330 g/mol. The number of fused-ring (bicyclic) bond motifs is 1. The minimum atomic E-state index is 0.795. The predicted octanol–water partition coefficient (Wildman–Crippen LogP) is 4.37. The Morgan fingerprint density at radius 1 is 1.12 bits per heavy atom. The van der Waals surface area contributed by atoms with Gasteiger partial charge in [-0.05, 0) is 31.0 Å². The molecular formula is C19H19N5S. The molecule has 4 rings (SSSR count).